The van der Waals surface area contributed by atoms with Crippen LogP contribution >= 0.6 is 0 Å². The highest BCUT2D eigenvalue weighted by Crippen LogP contribution is 2.40. The summed E-state index contributed by atoms with van der Waals surface area (Å²) >= 11 is 0. The fourth-order valence-electron chi connectivity index (χ4n) is 2.23. The van der Waals surface area contributed by atoms with Crippen LogP contribution in [0.25, 0.3) is 0 Å². The van der Waals surface area contributed by atoms with E-state index in [2.05, 4.69) is 19.1 Å². The molecular weight excluding hydrogens is 174 g/mol. The van der Waals surface area contributed by atoms with Gasteiger partial charge in [0, 0.05) is 7.05 Å². The second-order valence-corrected chi connectivity index (χ2v) is 3.82. The number of β-lactam (4-membered cyclic amide) rings is 1. The van der Waals surface area contributed by atoms with Crippen molar-refractivity contribution in [3.63, 3.8) is 0 Å². The fraction of sp³-hybridized carbons (Fsp3) is 0.417. The van der Waals surface area contributed by atoms with Gasteiger partial charge < -0.3 is 4.90 Å². The number of carbonyl (C=O) groups is 1. The molecule has 14 heavy (non-hydrogen) atoms. The Hall–Kier alpha value is -1.31. The van der Waals surface area contributed by atoms with Crippen molar-refractivity contribution in [2.75, 3.05) is 7.05 Å². The van der Waals surface area contributed by atoms with E-state index in [1.807, 2.05) is 30.1 Å². The predicted molar refractivity (Wildman–Crippen MR) is 55.7 cm³/mol. The average molecular weight is 189 g/mol. The summed E-state index contributed by atoms with van der Waals surface area (Å²) in [5, 5.41) is 0. The molecule has 1 aliphatic heterocycles. The van der Waals surface area contributed by atoms with Crippen LogP contribution in [0.15, 0.2) is 30.3 Å². The van der Waals surface area contributed by atoms with Crippen molar-refractivity contribution >= 4 is 5.91 Å². The first kappa shape index (κ1) is 9.25. The van der Waals surface area contributed by atoms with Gasteiger partial charge in [-0.05, 0) is 12.0 Å². The van der Waals surface area contributed by atoms with Gasteiger partial charge in [-0.15, -0.1) is 0 Å². The van der Waals surface area contributed by atoms with Crippen molar-refractivity contribution in [3.05, 3.63) is 35.9 Å². The van der Waals surface area contributed by atoms with Crippen LogP contribution < -0.4 is 0 Å². The van der Waals surface area contributed by atoms with Crippen LogP contribution in [-0.2, 0) is 4.79 Å². The number of nitrogens with zero attached hydrogens (tertiary/aromatic N) is 1. The standard InChI is InChI=1S/C12H15NO/c1-3-10-11(13(2)12(10)14)9-7-5-4-6-8-9/h4-8,10-11H,3H2,1-2H3/t10-,11+/m0/s1. The van der Waals surface area contributed by atoms with Crippen LogP contribution in [0.2, 0.25) is 0 Å². The Kier molecular flexibility index (Phi) is 2.28. The Balaban J connectivity index is 2.23. The van der Waals surface area contributed by atoms with Crippen LogP contribution in [-0.4, -0.2) is 17.9 Å². The van der Waals surface area contributed by atoms with E-state index in [1.54, 1.807) is 0 Å². The van der Waals surface area contributed by atoms with E-state index in [4.69, 9.17) is 0 Å². The van der Waals surface area contributed by atoms with Gasteiger partial charge in [-0.1, -0.05) is 37.3 Å². The summed E-state index contributed by atoms with van der Waals surface area (Å²) in [6, 6.07) is 10.5. The van der Waals surface area contributed by atoms with Crippen LogP contribution in [0.5, 0.6) is 0 Å². The van der Waals surface area contributed by atoms with Crippen molar-refractivity contribution in [1.82, 2.24) is 4.90 Å². The highest BCUT2D eigenvalue weighted by Gasteiger charge is 2.43. The number of carbonyl (C=O) groups excluding carboxylic acids is 1. The molecule has 1 aromatic carbocycles. The first-order valence-electron chi connectivity index (χ1n) is 5.07. The molecule has 1 heterocycles. The van der Waals surface area contributed by atoms with Gasteiger partial charge in [0.1, 0.15) is 0 Å². The molecule has 1 fully saturated rings. The van der Waals surface area contributed by atoms with Gasteiger partial charge in [0.05, 0.1) is 12.0 Å². The van der Waals surface area contributed by atoms with Gasteiger partial charge in [-0.25, -0.2) is 0 Å². The third kappa shape index (κ3) is 1.22. The minimum atomic E-state index is 0.197. The van der Waals surface area contributed by atoms with Crippen molar-refractivity contribution in [3.8, 4) is 0 Å². The molecule has 1 aromatic rings. The molecule has 2 heteroatoms. The number of rotatable bonds is 2. The number of hydrogen-bond acceptors (Lipinski definition) is 1. The molecule has 0 bridgehead atoms. The Morgan fingerprint density at radius 2 is 1.93 bits per heavy atom. The molecule has 0 aromatic heterocycles. The fourth-order valence-corrected chi connectivity index (χ4v) is 2.23. The normalized spacial score (nSPS) is 26.1. The molecule has 0 aliphatic carbocycles. The zero-order chi connectivity index (χ0) is 10.1. The lowest BCUT2D eigenvalue weighted by Gasteiger charge is -2.45. The lowest BCUT2D eigenvalue weighted by molar-refractivity contribution is -0.154. The molecule has 1 amide bonds. The van der Waals surface area contributed by atoms with Crippen molar-refractivity contribution in [2.24, 2.45) is 5.92 Å². The quantitative estimate of drug-likeness (QED) is 0.653. The maximum absolute atomic E-state index is 11.5. The van der Waals surface area contributed by atoms with E-state index < -0.39 is 0 Å². The highest BCUT2D eigenvalue weighted by molar-refractivity contribution is 5.86. The van der Waals surface area contributed by atoms with E-state index in [1.165, 1.54) is 5.56 Å². The van der Waals surface area contributed by atoms with Crippen LogP contribution in [0.1, 0.15) is 24.9 Å². The first-order valence-corrected chi connectivity index (χ1v) is 5.07. The number of amides is 1. The lowest BCUT2D eigenvalue weighted by atomic mass is 9.81. The minimum Gasteiger partial charge on any atom is -0.338 e. The van der Waals surface area contributed by atoms with E-state index in [-0.39, 0.29) is 11.8 Å². The van der Waals surface area contributed by atoms with Crippen molar-refractivity contribution in [1.29, 1.82) is 0 Å². The summed E-state index contributed by atoms with van der Waals surface area (Å²) in [6.07, 6.45) is 0.933. The van der Waals surface area contributed by atoms with Crippen molar-refractivity contribution < 1.29 is 4.79 Å². The van der Waals surface area contributed by atoms with Gasteiger partial charge in [-0.3, -0.25) is 4.79 Å². The number of benzene rings is 1. The number of hydrogen-bond donors (Lipinski definition) is 0. The summed E-state index contributed by atoms with van der Waals surface area (Å²) in [6.45, 7) is 2.07. The molecular formula is C12H15NO. The molecule has 0 unspecified atom stereocenters. The third-order valence-electron chi connectivity index (χ3n) is 3.04. The molecule has 0 spiro atoms. The largest absolute Gasteiger partial charge is 0.338 e. The SMILES string of the molecule is CC[C@@H]1C(=O)N(C)[C@@H]1c1ccccc1. The summed E-state index contributed by atoms with van der Waals surface area (Å²) < 4.78 is 0. The molecule has 0 radical (unpaired) electrons. The van der Waals surface area contributed by atoms with E-state index in [0.717, 1.165) is 6.42 Å². The van der Waals surface area contributed by atoms with E-state index in [9.17, 15) is 4.79 Å². The Bertz CT molecular complexity index is 333. The Labute approximate surface area is 84.5 Å². The van der Waals surface area contributed by atoms with Crippen LogP contribution in [0.4, 0.5) is 0 Å². The molecule has 1 saturated heterocycles. The molecule has 0 saturated carbocycles. The zero-order valence-electron chi connectivity index (χ0n) is 8.60. The molecule has 2 atom stereocenters. The first-order chi connectivity index (χ1) is 6.75. The monoisotopic (exact) mass is 189 g/mol. The summed E-state index contributed by atoms with van der Waals surface area (Å²) in [5.41, 5.74) is 1.25. The van der Waals surface area contributed by atoms with Crippen LogP contribution in [0.3, 0.4) is 0 Å². The van der Waals surface area contributed by atoms with E-state index >= 15 is 0 Å². The second-order valence-electron chi connectivity index (χ2n) is 3.82. The van der Waals surface area contributed by atoms with Gasteiger partial charge in [0.15, 0.2) is 0 Å². The topological polar surface area (TPSA) is 20.3 Å². The Morgan fingerprint density at radius 1 is 1.29 bits per heavy atom. The maximum Gasteiger partial charge on any atom is 0.228 e. The highest BCUT2D eigenvalue weighted by atomic mass is 16.2. The van der Waals surface area contributed by atoms with Crippen LogP contribution in [0, 0.1) is 5.92 Å². The second kappa shape index (κ2) is 3.45. The van der Waals surface area contributed by atoms with Gasteiger partial charge >= 0.3 is 0 Å². The predicted octanol–water partition coefficient (Wildman–Crippen LogP) is 2.23. The average Bonchev–Trinajstić information content (AvgIpc) is 2.25. The minimum absolute atomic E-state index is 0.197. The molecule has 1 aliphatic rings. The maximum atomic E-state index is 11.5. The van der Waals surface area contributed by atoms with Crippen molar-refractivity contribution in [2.45, 2.75) is 19.4 Å². The lowest BCUT2D eigenvalue weighted by Crippen LogP contribution is -2.52. The van der Waals surface area contributed by atoms with Gasteiger partial charge in [0.2, 0.25) is 5.91 Å². The summed E-state index contributed by atoms with van der Waals surface area (Å²) in [7, 11) is 1.88. The molecule has 2 rings (SSSR count). The number of likely N-dealkylation sites (tertiary alicyclic amines) is 1. The van der Waals surface area contributed by atoms with E-state index in [0.29, 0.717) is 6.04 Å². The van der Waals surface area contributed by atoms with Gasteiger partial charge in [-0.2, -0.15) is 0 Å². The molecule has 0 N–H and O–H groups in total. The smallest absolute Gasteiger partial charge is 0.228 e. The molecule has 2 nitrogen and oxygen atoms in total. The zero-order valence-corrected chi connectivity index (χ0v) is 8.60. The summed E-state index contributed by atoms with van der Waals surface area (Å²) in [4.78, 5) is 13.3. The molecule has 74 valence electrons. The third-order valence-corrected chi connectivity index (χ3v) is 3.04. The summed E-state index contributed by atoms with van der Waals surface area (Å²) in [5.74, 6) is 0.476. The Morgan fingerprint density at radius 3 is 2.50 bits per heavy atom. The van der Waals surface area contributed by atoms with Gasteiger partial charge in [0.25, 0.3) is 0 Å².